The Morgan fingerprint density at radius 1 is 0.253 bits per heavy atom. The highest BCUT2D eigenvalue weighted by Crippen LogP contribution is 2.15. The molecule has 0 rings (SSSR count). The number of ether oxygens (including phenoxy) is 3. The van der Waals surface area contributed by atoms with E-state index in [0.717, 1.165) is 148 Å². The quantitative estimate of drug-likeness (QED) is 0.0261. The minimum Gasteiger partial charge on any atom is -0.462 e. The van der Waals surface area contributed by atoms with E-state index in [1.165, 1.54) is 77.0 Å². The zero-order valence-corrected chi connectivity index (χ0v) is 53.1. The second-order valence-corrected chi connectivity index (χ2v) is 21.2. The molecule has 0 saturated heterocycles. The molecule has 464 valence electrons. The van der Waals surface area contributed by atoms with Crippen molar-refractivity contribution in [1.82, 2.24) is 0 Å². The fourth-order valence-corrected chi connectivity index (χ4v) is 8.57. The summed E-state index contributed by atoms with van der Waals surface area (Å²) in [6.45, 7) is 6.20. The van der Waals surface area contributed by atoms with Crippen LogP contribution in [0.2, 0.25) is 0 Å². The standard InChI is InChI=1S/C77H120O6/c1-4-7-10-13-16-19-22-25-28-30-32-34-36-38-40-42-44-46-49-52-55-58-61-64-67-70-76(79)82-73-74(72-81-75(78)69-66-63-60-57-54-51-48-27-24-21-18-15-12-9-6-3)83-77(80)71-68-65-62-59-56-53-50-47-45-43-41-39-37-35-33-31-29-26-23-20-17-14-11-8-5-2/h7-12,16-21,25-29,32-35,38-41,48,54,57,63,66,74H,4-6,13-15,22-24,30-31,36-37,42-47,49-53,55-56,58-62,64-65,67-73H2,1-3H3/b10-7-,11-8-,12-9-,19-16-,20-17-,21-18-,28-25-,29-26-,34-32-,35-33-,40-38-,41-39-,48-27-,57-54-,66-63-. The summed E-state index contributed by atoms with van der Waals surface area (Å²) in [6, 6.07) is 0. The third-order valence-electron chi connectivity index (χ3n) is 13.4. The molecule has 0 fully saturated rings. The smallest absolute Gasteiger partial charge is 0.309 e. The molecule has 0 spiro atoms. The van der Waals surface area contributed by atoms with Gasteiger partial charge in [0.25, 0.3) is 0 Å². The van der Waals surface area contributed by atoms with E-state index in [2.05, 4.69) is 191 Å². The third kappa shape index (κ3) is 67.2. The molecule has 6 nitrogen and oxygen atoms in total. The molecule has 0 radical (unpaired) electrons. The molecule has 0 aliphatic rings. The van der Waals surface area contributed by atoms with Gasteiger partial charge in [0.2, 0.25) is 0 Å². The maximum atomic E-state index is 12.9. The third-order valence-corrected chi connectivity index (χ3v) is 13.4. The Bertz CT molecular complexity index is 1940. The lowest BCUT2D eigenvalue weighted by Gasteiger charge is -2.18. The van der Waals surface area contributed by atoms with Crippen LogP contribution in [-0.2, 0) is 28.6 Å². The molecule has 0 N–H and O–H groups in total. The number of hydrogen-bond acceptors (Lipinski definition) is 6. The molecular weight excluding hydrogens is 1020 g/mol. The summed E-state index contributed by atoms with van der Waals surface area (Å²) in [4.78, 5) is 38.3. The monoisotopic (exact) mass is 1140 g/mol. The molecule has 0 aromatic heterocycles. The van der Waals surface area contributed by atoms with Crippen molar-refractivity contribution in [2.75, 3.05) is 13.2 Å². The zero-order valence-electron chi connectivity index (χ0n) is 53.1. The first-order valence-electron chi connectivity index (χ1n) is 33.3. The first-order chi connectivity index (χ1) is 41.0. The summed E-state index contributed by atoms with van der Waals surface area (Å²) < 4.78 is 16.8. The van der Waals surface area contributed by atoms with Crippen molar-refractivity contribution in [2.24, 2.45) is 0 Å². The van der Waals surface area contributed by atoms with Crippen LogP contribution in [0, 0.1) is 0 Å². The lowest BCUT2D eigenvalue weighted by atomic mass is 10.1. The molecule has 0 heterocycles. The summed E-state index contributed by atoms with van der Waals surface area (Å²) in [5.41, 5.74) is 0. The summed E-state index contributed by atoms with van der Waals surface area (Å²) in [6.07, 6.45) is 104. The molecule has 6 heteroatoms. The molecule has 0 saturated carbocycles. The molecular formula is C77H120O6. The topological polar surface area (TPSA) is 78.9 Å². The van der Waals surface area contributed by atoms with Gasteiger partial charge in [0.1, 0.15) is 13.2 Å². The van der Waals surface area contributed by atoms with Crippen molar-refractivity contribution in [3.63, 3.8) is 0 Å². The van der Waals surface area contributed by atoms with Crippen molar-refractivity contribution < 1.29 is 28.6 Å². The van der Waals surface area contributed by atoms with Crippen LogP contribution in [0.4, 0.5) is 0 Å². The second kappa shape index (κ2) is 69.0. The Balaban J connectivity index is 4.47. The molecule has 0 bridgehead atoms. The number of allylic oxidation sites excluding steroid dienone is 29. The van der Waals surface area contributed by atoms with Gasteiger partial charge in [-0.15, -0.1) is 0 Å². The number of rotatable bonds is 58. The van der Waals surface area contributed by atoms with Gasteiger partial charge in [0.15, 0.2) is 6.10 Å². The predicted octanol–water partition coefficient (Wildman–Crippen LogP) is 23.2. The largest absolute Gasteiger partial charge is 0.462 e. The highest BCUT2D eigenvalue weighted by Gasteiger charge is 2.19. The Morgan fingerprint density at radius 2 is 0.482 bits per heavy atom. The van der Waals surface area contributed by atoms with Crippen molar-refractivity contribution in [3.8, 4) is 0 Å². The van der Waals surface area contributed by atoms with Crippen molar-refractivity contribution in [2.45, 2.75) is 271 Å². The predicted molar refractivity (Wildman–Crippen MR) is 361 cm³/mol. The Labute approximate surface area is 510 Å². The average molecular weight is 1140 g/mol. The van der Waals surface area contributed by atoms with E-state index in [4.69, 9.17) is 14.2 Å². The van der Waals surface area contributed by atoms with Gasteiger partial charge in [-0.05, 0) is 135 Å². The number of carbonyl (C=O) groups excluding carboxylic acids is 3. The van der Waals surface area contributed by atoms with Gasteiger partial charge in [-0.1, -0.05) is 293 Å². The number of hydrogen-bond donors (Lipinski definition) is 0. The van der Waals surface area contributed by atoms with E-state index in [0.29, 0.717) is 12.8 Å². The van der Waals surface area contributed by atoms with E-state index >= 15 is 0 Å². The summed E-state index contributed by atoms with van der Waals surface area (Å²) >= 11 is 0. The maximum Gasteiger partial charge on any atom is 0.309 e. The molecule has 83 heavy (non-hydrogen) atoms. The number of carbonyl (C=O) groups is 3. The maximum absolute atomic E-state index is 12.9. The van der Waals surface area contributed by atoms with Crippen LogP contribution >= 0.6 is 0 Å². The second-order valence-electron chi connectivity index (χ2n) is 21.2. The molecule has 1 unspecified atom stereocenters. The van der Waals surface area contributed by atoms with Crippen LogP contribution < -0.4 is 0 Å². The molecule has 1 atom stereocenters. The van der Waals surface area contributed by atoms with Crippen LogP contribution in [0.25, 0.3) is 0 Å². The van der Waals surface area contributed by atoms with Crippen molar-refractivity contribution in [1.29, 1.82) is 0 Å². The SMILES string of the molecule is CC/C=C\C/C=C\C/C=C\C/C=C\C/C=C\CCCCCCCCCCCC(=O)OCC(COC(=O)C/C=C\C/C=C\C/C=C\C/C=C\C/C=C\CC)OC(=O)CCCCCCCCCCC/C=C\C/C=C\C/C=C\C/C=C\C/C=C\CC. The highest BCUT2D eigenvalue weighted by molar-refractivity contribution is 5.72. The Kier molecular flexibility index (Phi) is 64.4. The lowest BCUT2D eigenvalue weighted by molar-refractivity contribution is -0.166. The van der Waals surface area contributed by atoms with E-state index < -0.39 is 12.1 Å². The normalized spacial score (nSPS) is 13.3. The summed E-state index contributed by atoms with van der Waals surface area (Å²) in [7, 11) is 0. The van der Waals surface area contributed by atoms with Crippen LogP contribution in [0.15, 0.2) is 182 Å². The lowest BCUT2D eigenvalue weighted by Crippen LogP contribution is -2.30. The van der Waals surface area contributed by atoms with Gasteiger partial charge in [0, 0.05) is 12.8 Å². The van der Waals surface area contributed by atoms with E-state index in [9.17, 15) is 14.4 Å². The van der Waals surface area contributed by atoms with Gasteiger partial charge in [-0.2, -0.15) is 0 Å². The summed E-state index contributed by atoms with van der Waals surface area (Å²) in [5.74, 6) is -1.07. The van der Waals surface area contributed by atoms with Crippen LogP contribution in [0.3, 0.4) is 0 Å². The molecule has 0 aliphatic heterocycles. The fraction of sp³-hybridized carbons (Fsp3) is 0.571. The number of esters is 3. The van der Waals surface area contributed by atoms with Gasteiger partial charge in [-0.25, -0.2) is 0 Å². The molecule has 0 aromatic carbocycles. The van der Waals surface area contributed by atoms with E-state index in [1.807, 2.05) is 6.08 Å². The Morgan fingerprint density at radius 3 is 0.783 bits per heavy atom. The summed E-state index contributed by atoms with van der Waals surface area (Å²) in [5, 5.41) is 0. The average Bonchev–Trinajstić information content (AvgIpc) is 3.49. The number of unbranched alkanes of at least 4 members (excludes halogenated alkanes) is 18. The van der Waals surface area contributed by atoms with Gasteiger partial charge in [0.05, 0.1) is 6.42 Å². The van der Waals surface area contributed by atoms with Crippen molar-refractivity contribution >= 4 is 17.9 Å². The minimum absolute atomic E-state index is 0.116. The molecule has 0 aliphatic carbocycles. The van der Waals surface area contributed by atoms with Crippen LogP contribution in [0.5, 0.6) is 0 Å². The van der Waals surface area contributed by atoms with Crippen molar-refractivity contribution in [3.05, 3.63) is 182 Å². The van der Waals surface area contributed by atoms with Crippen LogP contribution in [0.1, 0.15) is 265 Å². The fourth-order valence-electron chi connectivity index (χ4n) is 8.57. The zero-order chi connectivity index (χ0) is 59.9. The highest BCUT2D eigenvalue weighted by atomic mass is 16.6. The van der Waals surface area contributed by atoms with Gasteiger partial charge in [-0.3, -0.25) is 14.4 Å². The first kappa shape index (κ1) is 77.5. The minimum atomic E-state index is -0.836. The van der Waals surface area contributed by atoms with Gasteiger partial charge >= 0.3 is 17.9 Å². The van der Waals surface area contributed by atoms with E-state index in [-0.39, 0.29) is 31.6 Å². The van der Waals surface area contributed by atoms with Gasteiger partial charge < -0.3 is 14.2 Å². The van der Waals surface area contributed by atoms with Crippen LogP contribution in [-0.4, -0.2) is 37.2 Å². The molecule has 0 amide bonds. The molecule has 0 aromatic rings. The Hall–Kier alpha value is -5.49. The van der Waals surface area contributed by atoms with E-state index in [1.54, 1.807) is 6.08 Å². The first-order valence-corrected chi connectivity index (χ1v) is 33.3.